The second-order valence-electron chi connectivity index (χ2n) is 6.46. The number of hydrogen-bond acceptors (Lipinski definition) is 6. The van der Waals surface area contributed by atoms with Crippen LogP contribution in [0.1, 0.15) is 10.4 Å². The molecule has 144 valence electrons. The van der Waals surface area contributed by atoms with Crippen LogP contribution in [-0.2, 0) is 9.53 Å². The Kier molecular flexibility index (Phi) is 5.21. The van der Waals surface area contributed by atoms with Crippen molar-refractivity contribution >= 4 is 39.1 Å². The molecule has 2 aromatic carbocycles. The van der Waals surface area contributed by atoms with Crippen molar-refractivity contribution in [2.75, 3.05) is 37.7 Å². The number of hydrogen-bond donors (Lipinski definition) is 0. The summed E-state index contributed by atoms with van der Waals surface area (Å²) in [6.07, 6.45) is 0. The van der Waals surface area contributed by atoms with Gasteiger partial charge in [0.2, 0.25) is 0 Å². The molecule has 1 fully saturated rings. The molecule has 3 aromatic rings. The molecule has 0 aliphatic carbocycles. The molecule has 0 radical (unpaired) electrons. The zero-order valence-corrected chi connectivity index (χ0v) is 15.8. The number of anilines is 1. The highest BCUT2D eigenvalue weighted by atomic mass is 32.1. The fraction of sp³-hybridized carbons (Fsp3) is 0.250. The lowest BCUT2D eigenvalue weighted by molar-refractivity contribution is -0.134. The van der Waals surface area contributed by atoms with E-state index in [9.17, 15) is 14.0 Å². The minimum Gasteiger partial charge on any atom is -0.452 e. The predicted octanol–water partition coefficient (Wildman–Crippen LogP) is 2.94. The molecule has 1 aromatic heterocycles. The number of rotatable bonds is 4. The highest BCUT2D eigenvalue weighted by molar-refractivity contribution is 7.16. The first kappa shape index (κ1) is 18.4. The van der Waals surface area contributed by atoms with Crippen LogP contribution in [0.4, 0.5) is 10.1 Å². The molecule has 1 aliphatic rings. The van der Waals surface area contributed by atoms with Gasteiger partial charge in [0.25, 0.3) is 5.91 Å². The Labute approximate surface area is 165 Å². The molecule has 0 saturated carbocycles. The third-order valence-corrected chi connectivity index (χ3v) is 5.51. The number of ether oxygens (including phenoxy) is 1. The van der Waals surface area contributed by atoms with Gasteiger partial charge in [-0.25, -0.2) is 14.2 Å². The van der Waals surface area contributed by atoms with Crippen molar-refractivity contribution in [1.29, 1.82) is 0 Å². The molecule has 1 amide bonds. The van der Waals surface area contributed by atoms with Crippen molar-refractivity contribution in [3.05, 3.63) is 59.4 Å². The molecule has 0 atom stereocenters. The van der Waals surface area contributed by atoms with Crippen LogP contribution < -0.4 is 4.90 Å². The first-order valence-corrected chi connectivity index (χ1v) is 9.77. The first-order valence-electron chi connectivity index (χ1n) is 8.89. The van der Waals surface area contributed by atoms with Gasteiger partial charge >= 0.3 is 5.97 Å². The Hall–Kier alpha value is -3.00. The van der Waals surface area contributed by atoms with Gasteiger partial charge in [0.1, 0.15) is 5.82 Å². The first-order chi connectivity index (χ1) is 13.6. The number of thiazole rings is 1. The van der Waals surface area contributed by atoms with Crippen LogP contribution in [0.15, 0.2) is 48.0 Å². The standard InChI is InChI=1S/C20H18FN3O3S/c21-15-2-4-16(5-3-15)23-7-9-24(10-8-23)19(25)12-27-20(26)14-1-6-17-18(11-14)28-13-22-17/h1-6,11,13H,7-10,12H2. The van der Waals surface area contributed by atoms with E-state index in [1.165, 1.54) is 23.5 Å². The molecule has 0 bridgehead atoms. The minimum atomic E-state index is -0.520. The van der Waals surface area contributed by atoms with Crippen LogP contribution in [0, 0.1) is 5.82 Å². The quantitative estimate of drug-likeness (QED) is 0.632. The number of piperazine rings is 1. The zero-order chi connectivity index (χ0) is 19.5. The molecule has 0 spiro atoms. The van der Waals surface area contributed by atoms with Gasteiger partial charge in [0, 0.05) is 31.9 Å². The van der Waals surface area contributed by atoms with E-state index in [1.54, 1.807) is 40.7 Å². The number of carbonyl (C=O) groups is 2. The molecule has 28 heavy (non-hydrogen) atoms. The summed E-state index contributed by atoms with van der Waals surface area (Å²) >= 11 is 1.45. The number of nitrogens with zero attached hydrogens (tertiary/aromatic N) is 3. The molecule has 1 saturated heterocycles. The van der Waals surface area contributed by atoms with Crippen molar-refractivity contribution < 1.29 is 18.7 Å². The van der Waals surface area contributed by atoms with E-state index in [-0.39, 0.29) is 18.3 Å². The van der Waals surface area contributed by atoms with E-state index >= 15 is 0 Å². The van der Waals surface area contributed by atoms with E-state index in [1.807, 2.05) is 0 Å². The fourth-order valence-corrected chi connectivity index (χ4v) is 3.87. The second kappa shape index (κ2) is 7.93. The summed E-state index contributed by atoms with van der Waals surface area (Å²) in [6.45, 7) is 2.07. The van der Waals surface area contributed by atoms with E-state index in [0.717, 1.165) is 15.9 Å². The van der Waals surface area contributed by atoms with E-state index in [0.29, 0.717) is 31.7 Å². The summed E-state index contributed by atoms with van der Waals surface area (Å²) in [5.74, 6) is -1.01. The van der Waals surface area contributed by atoms with Crippen molar-refractivity contribution in [3.63, 3.8) is 0 Å². The maximum absolute atomic E-state index is 13.0. The van der Waals surface area contributed by atoms with Crippen LogP contribution >= 0.6 is 11.3 Å². The average molecular weight is 399 g/mol. The van der Waals surface area contributed by atoms with Gasteiger partial charge in [0.15, 0.2) is 6.61 Å². The predicted molar refractivity (Wildman–Crippen MR) is 105 cm³/mol. The van der Waals surface area contributed by atoms with Crippen molar-refractivity contribution in [1.82, 2.24) is 9.88 Å². The molecule has 0 unspecified atom stereocenters. The van der Waals surface area contributed by atoms with E-state index < -0.39 is 5.97 Å². The van der Waals surface area contributed by atoms with Crippen LogP contribution in [0.2, 0.25) is 0 Å². The Morgan fingerprint density at radius 2 is 1.82 bits per heavy atom. The monoisotopic (exact) mass is 399 g/mol. The number of esters is 1. The molecule has 8 heteroatoms. The Bertz CT molecular complexity index is 997. The largest absolute Gasteiger partial charge is 0.452 e. The van der Waals surface area contributed by atoms with Crippen LogP contribution in [0.25, 0.3) is 10.2 Å². The van der Waals surface area contributed by atoms with Crippen LogP contribution in [0.3, 0.4) is 0 Å². The zero-order valence-electron chi connectivity index (χ0n) is 15.0. The number of carbonyl (C=O) groups excluding carboxylic acids is 2. The van der Waals surface area contributed by atoms with Gasteiger partial charge in [-0.1, -0.05) is 0 Å². The maximum Gasteiger partial charge on any atom is 0.338 e. The van der Waals surface area contributed by atoms with E-state index in [2.05, 4.69) is 9.88 Å². The number of aromatic nitrogens is 1. The van der Waals surface area contributed by atoms with Gasteiger partial charge in [0.05, 0.1) is 21.3 Å². The summed E-state index contributed by atoms with van der Waals surface area (Å²) in [4.78, 5) is 32.5. The summed E-state index contributed by atoms with van der Waals surface area (Å²) in [5, 5.41) is 0. The number of halogens is 1. The highest BCUT2D eigenvalue weighted by Gasteiger charge is 2.22. The SMILES string of the molecule is O=C(OCC(=O)N1CCN(c2ccc(F)cc2)CC1)c1ccc2ncsc2c1. The summed E-state index contributed by atoms with van der Waals surface area (Å²) in [5.41, 5.74) is 3.88. The Morgan fingerprint density at radius 3 is 2.57 bits per heavy atom. The number of benzene rings is 2. The van der Waals surface area contributed by atoms with Crippen molar-refractivity contribution in [2.24, 2.45) is 0 Å². The van der Waals surface area contributed by atoms with Crippen LogP contribution in [0.5, 0.6) is 0 Å². The summed E-state index contributed by atoms with van der Waals surface area (Å²) in [6, 6.07) is 11.4. The van der Waals surface area contributed by atoms with Crippen molar-refractivity contribution in [3.8, 4) is 0 Å². The molecule has 4 rings (SSSR count). The lowest BCUT2D eigenvalue weighted by Crippen LogP contribution is -2.49. The second-order valence-corrected chi connectivity index (χ2v) is 7.34. The van der Waals surface area contributed by atoms with Gasteiger partial charge in [-0.05, 0) is 42.5 Å². The Balaban J connectivity index is 1.28. The van der Waals surface area contributed by atoms with Gasteiger partial charge < -0.3 is 14.5 Å². The molecule has 6 nitrogen and oxygen atoms in total. The molecule has 0 N–H and O–H groups in total. The van der Waals surface area contributed by atoms with Crippen molar-refractivity contribution in [2.45, 2.75) is 0 Å². The molecular weight excluding hydrogens is 381 g/mol. The summed E-state index contributed by atoms with van der Waals surface area (Å²) in [7, 11) is 0. The third-order valence-electron chi connectivity index (χ3n) is 4.72. The topological polar surface area (TPSA) is 62.7 Å². The molecular formula is C20H18FN3O3S. The lowest BCUT2D eigenvalue weighted by Gasteiger charge is -2.36. The number of amides is 1. The van der Waals surface area contributed by atoms with Gasteiger partial charge in [-0.2, -0.15) is 0 Å². The average Bonchev–Trinajstić information content (AvgIpc) is 3.20. The van der Waals surface area contributed by atoms with Gasteiger partial charge in [-0.15, -0.1) is 11.3 Å². The molecule has 1 aliphatic heterocycles. The Morgan fingerprint density at radius 1 is 1.07 bits per heavy atom. The van der Waals surface area contributed by atoms with Gasteiger partial charge in [-0.3, -0.25) is 4.79 Å². The fourth-order valence-electron chi connectivity index (χ4n) is 3.15. The minimum absolute atomic E-state index is 0.217. The highest BCUT2D eigenvalue weighted by Crippen LogP contribution is 2.20. The lowest BCUT2D eigenvalue weighted by atomic mass is 10.2. The van der Waals surface area contributed by atoms with Crippen LogP contribution in [-0.4, -0.2) is 54.5 Å². The maximum atomic E-state index is 13.0. The third kappa shape index (κ3) is 3.96. The smallest absolute Gasteiger partial charge is 0.338 e. The van der Waals surface area contributed by atoms with E-state index in [4.69, 9.17) is 4.74 Å². The summed E-state index contributed by atoms with van der Waals surface area (Å²) < 4.78 is 19.1. The number of fused-ring (bicyclic) bond motifs is 1. The molecule has 2 heterocycles. The normalized spacial score (nSPS) is 14.3.